The first kappa shape index (κ1) is 28.5. The van der Waals surface area contributed by atoms with E-state index >= 15 is 0 Å². The Bertz CT molecular complexity index is 889. The van der Waals surface area contributed by atoms with Crippen molar-refractivity contribution in [2.75, 3.05) is 13.2 Å². The van der Waals surface area contributed by atoms with Crippen molar-refractivity contribution in [2.45, 2.75) is 89.8 Å². The monoisotopic (exact) mass is 514 g/mol. The number of alkyl carbamates (subject to hydrolysis) is 1. The lowest BCUT2D eigenvalue weighted by Gasteiger charge is -2.34. The zero-order valence-electron chi connectivity index (χ0n) is 22.2. The number of esters is 1. The molecule has 2 aliphatic carbocycles. The molecule has 37 heavy (non-hydrogen) atoms. The Morgan fingerprint density at radius 3 is 1.97 bits per heavy atom. The van der Waals surface area contributed by atoms with E-state index in [0.29, 0.717) is 17.7 Å². The summed E-state index contributed by atoms with van der Waals surface area (Å²) in [5.74, 6) is 1.60. The molecule has 8 nitrogen and oxygen atoms in total. The molecular formula is C29H42N2O6. The molecule has 0 aromatic heterocycles. The Kier molecular flexibility index (Phi) is 11.3. The molecule has 0 bridgehead atoms. The van der Waals surface area contributed by atoms with Crippen LogP contribution >= 0.6 is 0 Å². The third-order valence-electron chi connectivity index (χ3n) is 7.29. The van der Waals surface area contributed by atoms with Gasteiger partial charge in [0.05, 0.1) is 0 Å². The van der Waals surface area contributed by atoms with E-state index in [0.717, 1.165) is 44.4 Å². The molecule has 1 unspecified atom stereocenters. The summed E-state index contributed by atoms with van der Waals surface area (Å²) in [5.41, 5.74) is 0.282. The predicted molar refractivity (Wildman–Crippen MR) is 141 cm³/mol. The maximum Gasteiger partial charge on any atom is 0.407 e. The fourth-order valence-electron chi connectivity index (χ4n) is 5.31. The van der Waals surface area contributed by atoms with Crippen molar-refractivity contribution >= 4 is 18.0 Å². The highest BCUT2D eigenvalue weighted by Crippen LogP contribution is 2.35. The number of amides is 2. The molecule has 2 fully saturated rings. The number of benzene rings is 1. The van der Waals surface area contributed by atoms with Crippen molar-refractivity contribution in [3.8, 4) is 5.75 Å². The first-order chi connectivity index (χ1) is 17.8. The summed E-state index contributed by atoms with van der Waals surface area (Å²) in [6.45, 7) is 6.70. The van der Waals surface area contributed by atoms with E-state index in [2.05, 4.69) is 17.2 Å². The molecule has 1 atom stereocenters. The van der Waals surface area contributed by atoms with Gasteiger partial charge in [-0.1, -0.05) is 24.8 Å². The van der Waals surface area contributed by atoms with Gasteiger partial charge in [0, 0.05) is 24.6 Å². The van der Waals surface area contributed by atoms with Crippen molar-refractivity contribution in [3.05, 3.63) is 42.5 Å². The smallest absolute Gasteiger partial charge is 0.407 e. The molecule has 2 amide bonds. The van der Waals surface area contributed by atoms with Gasteiger partial charge in [0.15, 0.2) is 6.10 Å². The summed E-state index contributed by atoms with van der Waals surface area (Å²) in [5, 5.41) is 6.04. The molecule has 0 radical (unpaired) electrons. The van der Waals surface area contributed by atoms with Gasteiger partial charge >= 0.3 is 12.1 Å². The molecule has 2 N–H and O–H groups in total. The molecule has 2 aliphatic rings. The number of ether oxygens (including phenoxy) is 3. The topological polar surface area (TPSA) is 103 Å². The molecule has 0 saturated heterocycles. The van der Waals surface area contributed by atoms with Gasteiger partial charge in [0.1, 0.15) is 19.0 Å². The zero-order chi connectivity index (χ0) is 26.6. The zero-order valence-corrected chi connectivity index (χ0v) is 22.2. The number of hydrogen-bond donors (Lipinski definition) is 2. The second kappa shape index (κ2) is 14.6. The maximum absolute atomic E-state index is 12.6. The Balaban J connectivity index is 1.39. The van der Waals surface area contributed by atoms with Gasteiger partial charge in [-0.25, -0.2) is 9.59 Å². The van der Waals surface area contributed by atoms with Crippen LogP contribution < -0.4 is 15.4 Å². The summed E-state index contributed by atoms with van der Waals surface area (Å²) in [6, 6.07) is 9.63. The lowest BCUT2D eigenvalue weighted by atomic mass is 9.75. The number of carbonyl (C=O) groups excluding carboxylic acids is 3. The van der Waals surface area contributed by atoms with Crippen LogP contribution in [0.1, 0.15) is 71.6 Å². The third kappa shape index (κ3) is 10.5. The van der Waals surface area contributed by atoms with Crippen LogP contribution in [0, 0.1) is 11.8 Å². The van der Waals surface area contributed by atoms with Crippen LogP contribution in [0.5, 0.6) is 5.75 Å². The predicted octanol–water partition coefficient (Wildman–Crippen LogP) is 4.92. The van der Waals surface area contributed by atoms with Gasteiger partial charge in [-0.05, 0) is 88.7 Å². The lowest BCUT2D eigenvalue weighted by Crippen LogP contribution is -2.42. The SMILES string of the molecule is C=C(C)C(=O)OCC(COc1ccccc1)OC(=O)NC1CCC(CC2CCC(NC(C)=O)CC2)CC1. The van der Waals surface area contributed by atoms with Gasteiger partial charge in [-0.2, -0.15) is 0 Å². The molecule has 0 spiro atoms. The molecule has 1 aromatic rings. The Morgan fingerprint density at radius 1 is 0.865 bits per heavy atom. The van der Waals surface area contributed by atoms with E-state index in [1.165, 1.54) is 19.3 Å². The minimum absolute atomic E-state index is 0.0655. The minimum atomic E-state index is -0.743. The van der Waals surface area contributed by atoms with Gasteiger partial charge in [0.25, 0.3) is 0 Å². The highest BCUT2D eigenvalue weighted by atomic mass is 16.6. The summed E-state index contributed by atoms with van der Waals surface area (Å²) < 4.78 is 16.5. The second-order valence-corrected chi connectivity index (χ2v) is 10.5. The van der Waals surface area contributed by atoms with Crippen LogP contribution in [0.25, 0.3) is 0 Å². The van der Waals surface area contributed by atoms with E-state index in [1.807, 2.05) is 30.3 Å². The van der Waals surface area contributed by atoms with Crippen molar-refractivity contribution < 1.29 is 28.6 Å². The van der Waals surface area contributed by atoms with E-state index in [1.54, 1.807) is 13.8 Å². The third-order valence-corrected chi connectivity index (χ3v) is 7.29. The highest BCUT2D eigenvalue weighted by Gasteiger charge is 2.28. The molecule has 2 saturated carbocycles. The van der Waals surface area contributed by atoms with Crippen LogP contribution in [0.4, 0.5) is 4.79 Å². The van der Waals surface area contributed by atoms with Crippen LogP contribution in [0.3, 0.4) is 0 Å². The summed E-state index contributed by atoms with van der Waals surface area (Å²) in [6.07, 6.45) is 8.51. The Morgan fingerprint density at radius 2 is 1.43 bits per heavy atom. The first-order valence-corrected chi connectivity index (χ1v) is 13.5. The highest BCUT2D eigenvalue weighted by molar-refractivity contribution is 5.86. The van der Waals surface area contributed by atoms with Crippen molar-refractivity contribution in [1.29, 1.82) is 0 Å². The summed E-state index contributed by atoms with van der Waals surface area (Å²) >= 11 is 0. The standard InChI is InChI=1S/C29H42N2O6/c1-20(2)28(33)36-19-27(18-35-26-7-5-4-6-8-26)37-29(34)31-25-15-11-23(12-16-25)17-22-9-13-24(14-10-22)30-21(3)32/h4-8,22-25,27H,1,9-19H2,2-3H3,(H,30,32)(H,31,34). The quantitative estimate of drug-likeness (QED) is 0.321. The number of para-hydroxylation sites is 1. The Labute approximate surface area is 220 Å². The van der Waals surface area contributed by atoms with E-state index in [9.17, 15) is 14.4 Å². The largest absolute Gasteiger partial charge is 0.490 e. The summed E-state index contributed by atoms with van der Waals surface area (Å²) in [4.78, 5) is 35.7. The fourth-order valence-corrected chi connectivity index (χ4v) is 5.31. The number of hydrogen-bond acceptors (Lipinski definition) is 6. The van der Waals surface area contributed by atoms with Crippen LogP contribution in [-0.2, 0) is 19.1 Å². The number of carbonyl (C=O) groups is 3. The lowest BCUT2D eigenvalue weighted by molar-refractivity contribution is -0.142. The average Bonchev–Trinajstić information content (AvgIpc) is 2.88. The van der Waals surface area contributed by atoms with Gasteiger partial charge < -0.3 is 24.8 Å². The van der Waals surface area contributed by atoms with E-state index < -0.39 is 18.2 Å². The normalized spacial score (nSPS) is 24.3. The minimum Gasteiger partial charge on any atom is -0.490 e. The van der Waals surface area contributed by atoms with Crippen molar-refractivity contribution in [1.82, 2.24) is 10.6 Å². The molecule has 0 heterocycles. The number of rotatable bonds is 11. The second-order valence-electron chi connectivity index (χ2n) is 10.5. The van der Waals surface area contributed by atoms with Crippen LogP contribution in [-0.4, -0.2) is 49.4 Å². The first-order valence-electron chi connectivity index (χ1n) is 13.5. The average molecular weight is 515 g/mol. The van der Waals surface area contributed by atoms with Gasteiger partial charge in [-0.15, -0.1) is 0 Å². The van der Waals surface area contributed by atoms with Gasteiger partial charge in [-0.3, -0.25) is 4.79 Å². The molecule has 3 rings (SSSR count). The maximum atomic E-state index is 12.6. The van der Waals surface area contributed by atoms with E-state index in [-0.39, 0.29) is 30.7 Å². The molecule has 204 valence electrons. The number of nitrogens with one attached hydrogen (secondary N) is 2. The van der Waals surface area contributed by atoms with E-state index in [4.69, 9.17) is 14.2 Å². The molecule has 0 aliphatic heterocycles. The fraction of sp³-hybridized carbons (Fsp3) is 0.621. The Hall–Kier alpha value is -3.03. The van der Waals surface area contributed by atoms with Crippen LogP contribution in [0.2, 0.25) is 0 Å². The van der Waals surface area contributed by atoms with Crippen molar-refractivity contribution in [2.24, 2.45) is 11.8 Å². The molecule has 1 aromatic carbocycles. The van der Waals surface area contributed by atoms with Gasteiger partial charge in [0.2, 0.25) is 5.91 Å². The summed E-state index contributed by atoms with van der Waals surface area (Å²) in [7, 11) is 0. The van der Waals surface area contributed by atoms with Crippen LogP contribution in [0.15, 0.2) is 42.5 Å². The van der Waals surface area contributed by atoms with Crippen molar-refractivity contribution in [3.63, 3.8) is 0 Å². The molecule has 8 heteroatoms. The molecular weight excluding hydrogens is 472 g/mol.